The Morgan fingerprint density at radius 3 is 3.09 bits per heavy atom. The third-order valence-electron chi connectivity index (χ3n) is 4.14. The van der Waals surface area contributed by atoms with Crippen molar-refractivity contribution >= 4 is 5.91 Å². The number of nitrogens with one attached hydrogen (secondary N) is 1. The highest BCUT2D eigenvalue weighted by Crippen LogP contribution is 2.26. The predicted octanol–water partition coefficient (Wildman–Crippen LogP) is 2.50. The molecule has 23 heavy (non-hydrogen) atoms. The van der Waals surface area contributed by atoms with Crippen LogP contribution in [0.15, 0.2) is 24.5 Å². The van der Waals surface area contributed by atoms with E-state index in [1.54, 1.807) is 0 Å². The molecule has 0 bridgehead atoms. The van der Waals surface area contributed by atoms with Gasteiger partial charge in [0.05, 0.1) is 12.6 Å². The van der Waals surface area contributed by atoms with Crippen LogP contribution in [-0.4, -0.2) is 27.3 Å². The van der Waals surface area contributed by atoms with Crippen molar-refractivity contribution in [1.82, 2.24) is 20.1 Å². The van der Waals surface area contributed by atoms with Crippen LogP contribution < -0.4 is 10.1 Å². The fourth-order valence-corrected chi connectivity index (χ4v) is 2.88. The highest BCUT2D eigenvalue weighted by atomic mass is 16.5. The van der Waals surface area contributed by atoms with Gasteiger partial charge >= 0.3 is 0 Å². The van der Waals surface area contributed by atoms with E-state index >= 15 is 0 Å². The first kappa shape index (κ1) is 15.5. The number of fused-ring (bicyclic) bond motifs is 1. The van der Waals surface area contributed by atoms with Gasteiger partial charge in [0.15, 0.2) is 0 Å². The summed E-state index contributed by atoms with van der Waals surface area (Å²) < 4.78 is 7.41. The van der Waals surface area contributed by atoms with E-state index in [9.17, 15) is 4.79 Å². The zero-order valence-corrected chi connectivity index (χ0v) is 13.6. The van der Waals surface area contributed by atoms with E-state index < -0.39 is 0 Å². The Hall–Kier alpha value is -2.37. The predicted molar refractivity (Wildman–Crippen MR) is 86.5 cm³/mol. The quantitative estimate of drug-likeness (QED) is 0.920. The summed E-state index contributed by atoms with van der Waals surface area (Å²) in [6.07, 6.45) is 4.25. The minimum absolute atomic E-state index is 0.0872. The van der Waals surface area contributed by atoms with Crippen LogP contribution in [-0.2, 0) is 13.0 Å². The van der Waals surface area contributed by atoms with Gasteiger partial charge in [0.1, 0.15) is 17.9 Å². The topological polar surface area (TPSA) is 69.0 Å². The lowest BCUT2D eigenvalue weighted by atomic mass is 10.0. The van der Waals surface area contributed by atoms with Gasteiger partial charge in [-0.2, -0.15) is 5.10 Å². The second kappa shape index (κ2) is 6.81. The summed E-state index contributed by atoms with van der Waals surface area (Å²) in [5, 5.41) is 7.24. The monoisotopic (exact) mass is 314 g/mol. The zero-order valence-electron chi connectivity index (χ0n) is 13.6. The molecule has 6 nitrogen and oxygen atoms in total. The summed E-state index contributed by atoms with van der Waals surface area (Å²) in [5.74, 6) is 1.60. The molecular formula is C17H22N4O2. The highest BCUT2D eigenvalue weighted by Gasteiger charge is 2.20. The van der Waals surface area contributed by atoms with Crippen LogP contribution in [0.5, 0.6) is 5.75 Å². The number of aryl methyl sites for hydroxylation is 2. The first-order chi connectivity index (χ1) is 11.2. The van der Waals surface area contributed by atoms with E-state index in [-0.39, 0.29) is 11.9 Å². The standard InChI is InChI=1S/C17H22N4O2/c1-3-14(16-18-11-19-21(16)4-2)20-17(22)13-7-8-15-12(10-13)6-5-9-23-15/h7-8,10-11,14H,3-6,9H2,1-2H3,(H,20,22)/t14-/m1/s1. The van der Waals surface area contributed by atoms with E-state index in [0.717, 1.165) is 49.6 Å². The number of amides is 1. The first-order valence-electron chi connectivity index (χ1n) is 8.17. The molecule has 1 aliphatic rings. The molecule has 1 N–H and O–H groups in total. The molecule has 1 aliphatic heterocycles. The molecule has 2 heterocycles. The summed E-state index contributed by atoms with van der Waals surface area (Å²) >= 11 is 0. The number of hydrogen-bond acceptors (Lipinski definition) is 4. The average molecular weight is 314 g/mol. The second-order valence-corrected chi connectivity index (χ2v) is 5.64. The molecular weight excluding hydrogens is 292 g/mol. The van der Waals surface area contributed by atoms with Crippen molar-refractivity contribution in [3.05, 3.63) is 41.5 Å². The first-order valence-corrected chi connectivity index (χ1v) is 8.17. The summed E-state index contributed by atoms with van der Waals surface area (Å²) in [4.78, 5) is 16.9. The molecule has 0 saturated carbocycles. The highest BCUT2D eigenvalue weighted by molar-refractivity contribution is 5.94. The second-order valence-electron chi connectivity index (χ2n) is 5.64. The Labute approximate surface area is 135 Å². The Balaban J connectivity index is 1.77. The van der Waals surface area contributed by atoms with Gasteiger partial charge in [-0.15, -0.1) is 0 Å². The third-order valence-corrected chi connectivity index (χ3v) is 4.14. The lowest BCUT2D eigenvalue weighted by Crippen LogP contribution is -2.30. The van der Waals surface area contributed by atoms with Gasteiger partial charge in [0.2, 0.25) is 0 Å². The van der Waals surface area contributed by atoms with Gasteiger partial charge in [-0.25, -0.2) is 9.67 Å². The fourth-order valence-electron chi connectivity index (χ4n) is 2.88. The Bertz CT molecular complexity index is 696. The number of rotatable bonds is 5. The van der Waals surface area contributed by atoms with Crippen molar-refractivity contribution in [2.24, 2.45) is 0 Å². The van der Waals surface area contributed by atoms with Crippen LogP contribution in [0.1, 0.15) is 54.5 Å². The molecule has 3 rings (SSSR count). The Morgan fingerprint density at radius 2 is 2.30 bits per heavy atom. The molecule has 1 atom stereocenters. The van der Waals surface area contributed by atoms with Crippen molar-refractivity contribution in [3.63, 3.8) is 0 Å². The molecule has 0 spiro atoms. The summed E-state index contributed by atoms with van der Waals surface area (Å²) in [6, 6.07) is 5.49. The molecule has 0 aliphatic carbocycles. The lowest BCUT2D eigenvalue weighted by Gasteiger charge is -2.19. The van der Waals surface area contributed by atoms with Crippen molar-refractivity contribution < 1.29 is 9.53 Å². The van der Waals surface area contributed by atoms with Crippen LogP contribution >= 0.6 is 0 Å². The van der Waals surface area contributed by atoms with Crippen LogP contribution in [0.2, 0.25) is 0 Å². The Morgan fingerprint density at radius 1 is 1.43 bits per heavy atom. The van der Waals surface area contributed by atoms with Crippen LogP contribution in [0.4, 0.5) is 0 Å². The van der Waals surface area contributed by atoms with E-state index in [2.05, 4.69) is 15.4 Å². The number of ether oxygens (including phenoxy) is 1. The summed E-state index contributed by atoms with van der Waals surface area (Å²) in [7, 11) is 0. The largest absolute Gasteiger partial charge is 0.493 e. The number of carbonyl (C=O) groups is 1. The maximum Gasteiger partial charge on any atom is 0.251 e. The summed E-state index contributed by atoms with van der Waals surface area (Å²) in [5.41, 5.74) is 1.77. The smallest absolute Gasteiger partial charge is 0.251 e. The maximum absolute atomic E-state index is 12.6. The molecule has 1 aromatic heterocycles. The summed E-state index contributed by atoms with van der Waals surface area (Å²) in [6.45, 7) is 5.53. The number of nitrogens with zero attached hydrogens (tertiary/aromatic N) is 3. The van der Waals surface area contributed by atoms with Gasteiger partial charge in [-0.1, -0.05) is 6.92 Å². The van der Waals surface area contributed by atoms with Gasteiger partial charge in [0, 0.05) is 12.1 Å². The third kappa shape index (κ3) is 3.21. The molecule has 2 aromatic rings. The molecule has 0 saturated heterocycles. The van der Waals surface area contributed by atoms with Crippen molar-refractivity contribution in [2.45, 2.75) is 45.7 Å². The molecule has 0 radical (unpaired) electrons. The van der Waals surface area contributed by atoms with E-state index in [0.29, 0.717) is 5.56 Å². The van der Waals surface area contributed by atoms with Gasteiger partial charge < -0.3 is 10.1 Å². The number of aromatic nitrogens is 3. The van der Waals surface area contributed by atoms with E-state index in [1.165, 1.54) is 6.33 Å². The molecule has 122 valence electrons. The SMILES string of the molecule is CC[C@@H](NC(=O)c1ccc2c(c1)CCCO2)c1ncnn1CC. The van der Waals surface area contributed by atoms with Crippen molar-refractivity contribution in [2.75, 3.05) is 6.61 Å². The van der Waals surface area contributed by atoms with Gasteiger partial charge in [0.25, 0.3) is 5.91 Å². The zero-order chi connectivity index (χ0) is 16.2. The molecule has 0 unspecified atom stereocenters. The normalized spacial score (nSPS) is 14.7. The van der Waals surface area contributed by atoms with Crippen LogP contribution in [0.3, 0.4) is 0 Å². The number of hydrogen-bond donors (Lipinski definition) is 1. The molecule has 0 fully saturated rings. The minimum atomic E-state index is -0.141. The van der Waals surface area contributed by atoms with Crippen LogP contribution in [0.25, 0.3) is 0 Å². The van der Waals surface area contributed by atoms with Crippen molar-refractivity contribution in [3.8, 4) is 5.75 Å². The van der Waals surface area contributed by atoms with E-state index in [1.807, 2.05) is 36.7 Å². The minimum Gasteiger partial charge on any atom is -0.493 e. The van der Waals surface area contributed by atoms with Gasteiger partial charge in [-0.05, 0) is 49.9 Å². The molecule has 1 aromatic carbocycles. The van der Waals surface area contributed by atoms with E-state index in [4.69, 9.17) is 4.74 Å². The fraction of sp³-hybridized carbons (Fsp3) is 0.471. The van der Waals surface area contributed by atoms with Gasteiger partial charge in [-0.3, -0.25) is 4.79 Å². The van der Waals surface area contributed by atoms with Crippen molar-refractivity contribution in [1.29, 1.82) is 0 Å². The number of carbonyl (C=O) groups excluding carboxylic acids is 1. The Kier molecular flexibility index (Phi) is 4.60. The lowest BCUT2D eigenvalue weighted by molar-refractivity contribution is 0.0932. The average Bonchev–Trinajstić information content (AvgIpc) is 3.07. The molecule has 6 heteroatoms. The maximum atomic E-state index is 12.6. The molecule has 1 amide bonds. The number of benzene rings is 1. The van der Waals surface area contributed by atoms with Crippen LogP contribution in [0, 0.1) is 0 Å².